The molecule has 9 heteroatoms. The van der Waals surface area contributed by atoms with Crippen LogP contribution in [0.4, 0.5) is 24.5 Å². The molecule has 2 aromatic rings. The van der Waals surface area contributed by atoms with Crippen molar-refractivity contribution in [2.24, 2.45) is 0 Å². The second kappa shape index (κ2) is 7.49. The van der Waals surface area contributed by atoms with Crippen molar-refractivity contribution in [2.45, 2.75) is 38.0 Å². The van der Waals surface area contributed by atoms with Crippen LogP contribution in [0.1, 0.15) is 47.3 Å². The van der Waals surface area contributed by atoms with Gasteiger partial charge in [-0.2, -0.15) is 13.2 Å². The summed E-state index contributed by atoms with van der Waals surface area (Å²) < 4.78 is 38.6. The molecule has 0 spiro atoms. The molecule has 0 aromatic heterocycles. The Hall–Kier alpha value is -3.10. The van der Waals surface area contributed by atoms with Gasteiger partial charge in [-0.3, -0.25) is 14.9 Å². The second-order valence-electron chi connectivity index (χ2n) is 6.73. The zero-order chi connectivity index (χ0) is 20.5. The van der Waals surface area contributed by atoms with Gasteiger partial charge in [0.25, 0.3) is 11.6 Å². The number of hydrogen-bond acceptors (Lipinski definition) is 4. The van der Waals surface area contributed by atoms with E-state index in [4.69, 9.17) is 0 Å². The maximum Gasteiger partial charge on any atom is 0.416 e. The van der Waals surface area contributed by atoms with E-state index in [2.05, 4.69) is 10.6 Å². The van der Waals surface area contributed by atoms with Gasteiger partial charge in [-0.15, -0.1) is 0 Å². The number of rotatable bonds is 6. The number of carbonyl (C=O) groups is 1. The number of benzene rings is 2. The minimum Gasteiger partial charge on any atom is -0.377 e. The Morgan fingerprint density at radius 2 is 1.93 bits per heavy atom. The summed E-state index contributed by atoms with van der Waals surface area (Å²) in [5.74, 6) is -0.606. The van der Waals surface area contributed by atoms with E-state index in [1.807, 2.05) is 0 Å². The smallest absolute Gasteiger partial charge is 0.377 e. The molecule has 2 aromatic carbocycles. The third-order valence-electron chi connectivity index (χ3n) is 4.46. The monoisotopic (exact) mass is 393 g/mol. The molecule has 0 bridgehead atoms. The van der Waals surface area contributed by atoms with Crippen molar-refractivity contribution in [3.05, 3.63) is 69.3 Å². The first-order valence-corrected chi connectivity index (χ1v) is 8.68. The molecule has 1 unspecified atom stereocenters. The quantitative estimate of drug-likeness (QED) is 0.551. The van der Waals surface area contributed by atoms with Crippen molar-refractivity contribution in [1.29, 1.82) is 0 Å². The third-order valence-corrected chi connectivity index (χ3v) is 4.46. The Labute approximate surface area is 158 Å². The highest BCUT2D eigenvalue weighted by molar-refractivity contribution is 5.96. The minimum absolute atomic E-state index is 0.0619. The van der Waals surface area contributed by atoms with Crippen LogP contribution in [0.2, 0.25) is 0 Å². The van der Waals surface area contributed by atoms with Gasteiger partial charge in [0.2, 0.25) is 0 Å². The molecular weight excluding hydrogens is 375 g/mol. The maximum absolute atomic E-state index is 12.9. The van der Waals surface area contributed by atoms with Crippen LogP contribution in [0.5, 0.6) is 0 Å². The molecule has 148 valence electrons. The van der Waals surface area contributed by atoms with E-state index in [0.717, 1.165) is 25.0 Å². The molecule has 1 atom stereocenters. The topological polar surface area (TPSA) is 84.3 Å². The molecule has 6 nitrogen and oxygen atoms in total. The van der Waals surface area contributed by atoms with Crippen molar-refractivity contribution in [1.82, 2.24) is 5.32 Å². The number of nitrogens with one attached hydrogen (secondary N) is 2. The van der Waals surface area contributed by atoms with Gasteiger partial charge in [0, 0.05) is 17.7 Å². The van der Waals surface area contributed by atoms with Crippen molar-refractivity contribution >= 4 is 17.3 Å². The van der Waals surface area contributed by atoms with Gasteiger partial charge in [0.15, 0.2) is 0 Å². The summed E-state index contributed by atoms with van der Waals surface area (Å²) in [6.07, 6.45) is -2.60. The van der Waals surface area contributed by atoms with E-state index >= 15 is 0 Å². The standard InChI is InChI=1S/C19H18F3N3O3/c1-11(12-3-2-4-14(9-12)19(20,21)22)23-18(26)13-5-8-16(24-15-6-7-15)17(10-13)25(27)28/h2-5,8-11,15,24H,6-7H2,1H3,(H,23,26). The van der Waals surface area contributed by atoms with E-state index in [-0.39, 0.29) is 22.9 Å². The Morgan fingerprint density at radius 3 is 2.54 bits per heavy atom. The van der Waals surface area contributed by atoms with Crippen molar-refractivity contribution in [3.63, 3.8) is 0 Å². The molecule has 0 radical (unpaired) electrons. The molecule has 28 heavy (non-hydrogen) atoms. The number of amides is 1. The van der Waals surface area contributed by atoms with Crippen LogP contribution in [-0.2, 0) is 6.18 Å². The molecule has 1 aliphatic rings. The largest absolute Gasteiger partial charge is 0.416 e. The summed E-state index contributed by atoms with van der Waals surface area (Å²) in [6, 6.07) is 8.25. The Bertz CT molecular complexity index is 911. The highest BCUT2D eigenvalue weighted by atomic mass is 19.4. The first-order valence-electron chi connectivity index (χ1n) is 8.68. The lowest BCUT2D eigenvalue weighted by Gasteiger charge is -2.16. The van der Waals surface area contributed by atoms with E-state index in [0.29, 0.717) is 5.69 Å². The Balaban J connectivity index is 1.77. The highest BCUT2D eigenvalue weighted by Gasteiger charge is 2.31. The number of nitrogens with zero attached hydrogens (tertiary/aromatic N) is 1. The van der Waals surface area contributed by atoms with Crippen molar-refractivity contribution < 1.29 is 22.9 Å². The molecule has 2 N–H and O–H groups in total. The van der Waals surface area contributed by atoms with Gasteiger partial charge in [-0.25, -0.2) is 0 Å². The fraction of sp³-hybridized carbons (Fsp3) is 0.316. The molecule has 1 amide bonds. The number of anilines is 1. The Morgan fingerprint density at radius 1 is 1.21 bits per heavy atom. The van der Waals surface area contributed by atoms with Gasteiger partial charge in [-0.05, 0) is 49.6 Å². The Kier molecular flexibility index (Phi) is 5.26. The summed E-state index contributed by atoms with van der Waals surface area (Å²) in [5.41, 5.74) is -0.338. The van der Waals surface area contributed by atoms with Crippen LogP contribution >= 0.6 is 0 Å². The maximum atomic E-state index is 12.9. The normalized spacial score (nSPS) is 15.0. The molecule has 3 rings (SSSR count). The average molecular weight is 393 g/mol. The van der Waals surface area contributed by atoms with E-state index in [9.17, 15) is 28.1 Å². The molecule has 1 aliphatic carbocycles. The van der Waals surface area contributed by atoms with E-state index < -0.39 is 28.6 Å². The molecule has 1 saturated carbocycles. The molecule has 0 saturated heterocycles. The van der Waals surface area contributed by atoms with Gasteiger partial charge < -0.3 is 10.6 Å². The zero-order valence-electron chi connectivity index (χ0n) is 14.9. The number of nitro benzene ring substituents is 1. The number of alkyl halides is 3. The predicted molar refractivity (Wildman–Crippen MR) is 97.1 cm³/mol. The summed E-state index contributed by atoms with van der Waals surface area (Å²) >= 11 is 0. The lowest BCUT2D eigenvalue weighted by molar-refractivity contribution is -0.384. The van der Waals surface area contributed by atoms with Gasteiger partial charge in [-0.1, -0.05) is 12.1 Å². The van der Waals surface area contributed by atoms with Crippen LogP contribution in [0, 0.1) is 10.1 Å². The first-order chi connectivity index (χ1) is 13.1. The van der Waals surface area contributed by atoms with Crippen LogP contribution in [-0.4, -0.2) is 16.9 Å². The lowest BCUT2D eigenvalue weighted by Crippen LogP contribution is -2.27. The molecule has 1 fully saturated rings. The summed E-state index contributed by atoms with van der Waals surface area (Å²) in [4.78, 5) is 23.2. The minimum atomic E-state index is -4.48. The molecular formula is C19H18F3N3O3. The number of nitro groups is 1. The van der Waals surface area contributed by atoms with Gasteiger partial charge in [0.05, 0.1) is 16.5 Å². The second-order valence-corrected chi connectivity index (χ2v) is 6.73. The number of carbonyl (C=O) groups excluding carboxylic acids is 1. The van der Waals surface area contributed by atoms with E-state index in [1.54, 1.807) is 6.92 Å². The highest BCUT2D eigenvalue weighted by Crippen LogP contribution is 2.32. The van der Waals surface area contributed by atoms with Gasteiger partial charge in [0.1, 0.15) is 5.69 Å². The van der Waals surface area contributed by atoms with Crippen LogP contribution in [0.3, 0.4) is 0 Å². The van der Waals surface area contributed by atoms with Crippen molar-refractivity contribution in [2.75, 3.05) is 5.32 Å². The van der Waals surface area contributed by atoms with Crippen LogP contribution < -0.4 is 10.6 Å². The van der Waals surface area contributed by atoms with Gasteiger partial charge >= 0.3 is 6.18 Å². The number of hydrogen-bond donors (Lipinski definition) is 2. The molecule has 0 aliphatic heterocycles. The number of halogens is 3. The SMILES string of the molecule is CC(NC(=O)c1ccc(NC2CC2)c([N+](=O)[O-])c1)c1cccc(C(F)(F)F)c1. The summed E-state index contributed by atoms with van der Waals surface area (Å²) in [7, 11) is 0. The average Bonchev–Trinajstić information content (AvgIpc) is 3.45. The fourth-order valence-electron chi connectivity index (χ4n) is 2.74. The van der Waals surface area contributed by atoms with E-state index in [1.165, 1.54) is 30.3 Å². The van der Waals surface area contributed by atoms with Crippen LogP contribution in [0.25, 0.3) is 0 Å². The third kappa shape index (κ3) is 4.59. The lowest BCUT2D eigenvalue weighted by atomic mass is 10.0. The van der Waals surface area contributed by atoms with Crippen LogP contribution in [0.15, 0.2) is 42.5 Å². The zero-order valence-corrected chi connectivity index (χ0v) is 14.9. The summed E-state index contributed by atoms with van der Waals surface area (Å²) in [5, 5.41) is 16.9. The predicted octanol–water partition coefficient (Wildman–Crippen LogP) is 4.68. The first kappa shape index (κ1) is 19.7. The summed E-state index contributed by atoms with van der Waals surface area (Å²) in [6.45, 7) is 1.55. The molecule has 0 heterocycles. The fourth-order valence-corrected chi connectivity index (χ4v) is 2.74. The van der Waals surface area contributed by atoms with Crippen molar-refractivity contribution in [3.8, 4) is 0 Å².